The summed E-state index contributed by atoms with van der Waals surface area (Å²) in [5, 5.41) is 3.09. The van der Waals surface area contributed by atoms with E-state index < -0.39 is 0 Å². The largest absolute Gasteiger partial charge is 0.344 e. The van der Waals surface area contributed by atoms with Crippen molar-refractivity contribution in [1.82, 2.24) is 4.98 Å². The molecule has 0 aliphatic carbocycles. The van der Waals surface area contributed by atoms with Crippen LogP contribution in [0, 0.1) is 19.7 Å². The number of allylic oxidation sites excluding steroid dienone is 1. The number of halogens is 1. The Bertz CT molecular complexity index is 612. The van der Waals surface area contributed by atoms with Crippen molar-refractivity contribution in [2.75, 3.05) is 5.32 Å². The SMILES string of the molecule is C=C(C)Nc1ncc(-c2cc(C)cc(F)c2)cc1C. The maximum atomic E-state index is 13.4. The van der Waals surface area contributed by atoms with Crippen LogP contribution in [0.25, 0.3) is 11.1 Å². The molecule has 2 rings (SSSR count). The van der Waals surface area contributed by atoms with Gasteiger partial charge in [-0.25, -0.2) is 9.37 Å². The third-order valence-corrected chi connectivity index (χ3v) is 2.79. The molecule has 0 saturated heterocycles. The van der Waals surface area contributed by atoms with Crippen molar-refractivity contribution < 1.29 is 4.39 Å². The number of benzene rings is 1. The maximum Gasteiger partial charge on any atom is 0.132 e. The Labute approximate surface area is 113 Å². The van der Waals surface area contributed by atoms with Gasteiger partial charge in [0, 0.05) is 17.5 Å². The molecule has 1 aromatic carbocycles. The molecule has 1 heterocycles. The summed E-state index contributed by atoms with van der Waals surface area (Å²) in [5.74, 6) is 0.557. The van der Waals surface area contributed by atoms with Gasteiger partial charge in [-0.3, -0.25) is 0 Å². The van der Waals surface area contributed by atoms with Gasteiger partial charge >= 0.3 is 0 Å². The van der Waals surface area contributed by atoms with E-state index in [1.165, 1.54) is 12.1 Å². The number of nitrogens with zero attached hydrogens (tertiary/aromatic N) is 1. The summed E-state index contributed by atoms with van der Waals surface area (Å²) in [4.78, 5) is 4.36. The van der Waals surface area contributed by atoms with Crippen molar-refractivity contribution in [3.05, 3.63) is 59.7 Å². The number of aromatic nitrogens is 1. The Morgan fingerprint density at radius 1 is 1.16 bits per heavy atom. The third kappa shape index (κ3) is 3.19. The number of nitrogens with one attached hydrogen (secondary N) is 1. The zero-order valence-electron chi connectivity index (χ0n) is 11.4. The van der Waals surface area contributed by atoms with Crippen LogP contribution >= 0.6 is 0 Å². The molecule has 0 aliphatic heterocycles. The van der Waals surface area contributed by atoms with Crippen LogP contribution < -0.4 is 5.32 Å². The van der Waals surface area contributed by atoms with Crippen molar-refractivity contribution in [1.29, 1.82) is 0 Å². The zero-order valence-corrected chi connectivity index (χ0v) is 11.4. The molecule has 0 unspecified atom stereocenters. The second-order valence-electron chi connectivity index (χ2n) is 4.81. The molecule has 1 aromatic heterocycles. The smallest absolute Gasteiger partial charge is 0.132 e. The summed E-state index contributed by atoms with van der Waals surface area (Å²) in [5.41, 5.74) is 4.49. The van der Waals surface area contributed by atoms with E-state index in [9.17, 15) is 4.39 Å². The van der Waals surface area contributed by atoms with Gasteiger partial charge in [-0.05, 0) is 55.7 Å². The predicted octanol–water partition coefficient (Wildman–Crippen LogP) is 4.45. The van der Waals surface area contributed by atoms with Crippen molar-refractivity contribution >= 4 is 5.82 Å². The molecular formula is C16H17FN2. The molecule has 19 heavy (non-hydrogen) atoms. The molecule has 1 N–H and O–H groups in total. The highest BCUT2D eigenvalue weighted by molar-refractivity contribution is 5.66. The van der Waals surface area contributed by atoms with E-state index in [0.29, 0.717) is 0 Å². The van der Waals surface area contributed by atoms with E-state index in [2.05, 4.69) is 16.9 Å². The van der Waals surface area contributed by atoms with Gasteiger partial charge in [-0.2, -0.15) is 0 Å². The Hall–Kier alpha value is -2.16. The monoisotopic (exact) mass is 256 g/mol. The van der Waals surface area contributed by atoms with Crippen LogP contribution in [0.5, 0.6) is 0 Å². The summed E-state index contributed by atoms with van der Waals surface area (Å²) in [7, 11) is 0. The molecule has 0 fully saturated rings. The molecule has 3 heteroatoms. The fraction of sp³-hybridized carbons (Fsp3) is 0.188. The second kappa shape index (κ2) is 5.22. The molecule has 0 atom stereocenters. The minimum atomic E-state index is -0.225. The van der Waals surface area contributed by atoms with Gasteiger partial charge in [0.1, 0.15) is 11.6 Å². The Kier molecular flexibility index (Phi) is 3.65. The molecule has 0 bridgehead atoms. The van der Waals surface area contributed by atoms with E-state index in [4.69, 9.17) is 0 Å². The van der Waals surface area contributed by atoms with Crippen molar-refractivity contribution in [3.8, 4) is 11.1 Å². The van der Waals surface area contributed by atoms with Crippen LogP contribution in [0.2, 0.25) is 0 Å². The van der Waals surface area contributed by atoms with Crippen LogP contribution in [-0.4, -0.2) is 4.98 Å². The highest BCUT2D eigenvalue weighted by Crippen LogP contribution is 2.24. The zero-order chi connectivity index (χ0) is 14.0. The van der Waals surface area contributed by atoms with Crippen LogP contribution in [0.4, 0.5) is 10.2 Å². The molecule has 0 aliphatic rings. The summed E-state index contributed by atoms with van der Waals surface area (Å²) >= 11 is 0. The van der Waals surface area contributed by atoms with E-state index in [-0.39, 0.29) is 5.82 Å². The molecular weight excluding hydrogens is 239 g/mol. The quantitative estimate of drug-likeness (QED) is 0.877. The second-order valence-corrected chi connectivity index (χ2v) is 4.81. The van der Waals surface area contributed by atoms with Gasteiger partial charge < -0.3 is 5.32 Å². The number of hydrogen-bond acceptors (Lipinski definition) is 2. The summed E-state index contributed by atoms with van der Waals surface area (Å²) < 4.78 is 13.4. The average Bonchev–Trinajstić information content (AvgIpc) is 2.30. The lowest BCUT2D eigenvalue weighted by atomic mass is 10.0. The molecule has 2 nitrogen and oxygen atoms in total. The maximum absolute atomic E-state index is 13.4. The first kappa shape index (κ1) is 13.3. The summed E-state index contributed by atoms with van der Waals surface area (Å²) in [6.45, 7) is 9.52. The molecule has 98 valence electrons. The average molecular weight is 256 g/mol. The first-order valence-corrected chi connectivity index (χ1v) is 6.12. The lowest BCUT2D eigenvalue weighted by Crippen LogP contribution is -1.99. The van der Waals surface area contributed by atoms with Gasteiger partial charge in [0.15, 0.2) is 0 Å². The van der Waals surface area contributed by atoms with Crippen LogP contribution in [0.1, 0.15) is 18.1 Å². The molecule has 0 radical (unpaired) electrons. The molecule has 0 saturated carbocycles. The third-order valence-electron chi connectivity index (χ3n) is 2.79. The van der Waals surface area contributed by atoms with E-state index in [0.717, 1.165) is 33.8 Å². The molecule has 2 aromatic rings. The fourth-order valence-electron chi connectivity index (χ4n) is 1.97. The Morgan fingerprint density at radius 3 is 2.47 bits per heavy atom. The Balaban J connectivity index is 2.41. The number of rotatable bonds is 3. The number of pyridine rings is 1. The van der Waals surface area contributed by atoms with E-state index in [1.54, 1.807) is 6.20 Å². The topological polar surface area (TPSA) is 24.9 Å². The molecule has 0 amide bonds. The first-order chi connectivity index (χ1) is 8.95. The van der Waals surface area contributed by atoms with Crippen LogP contribution in [0.15, 0.2) is 42.7 Å². The Morgan fingerprint density at radius 2 is 1.89 bits per heavy atom. The summed E-state index contributed by atoms with van der Waals surface area (Å²) in [6, 6.07) is 6.98. The first-order valence-electron chi connectivity index (χ1n) is 6.12. The lowest BCUT2D eigenvalue weighted by Gasteiger charge is -2.10. The van der Waals surface area contributed by atoms with Gasteiger partial charge in [0.2, 0.25) is 0 Å². The standard InChI is InChI=1S/C16H17FN2/c1-10(2)19-16-12(4)7-14(9-18-16)13-5-11(3)6-15(17)8-13/h5-9H,1H2,2-4H3,(H,18,19). The minimum absolute atomic E-state index is 0.225. The predicted molar refractivity (Wildman–Crippen MR) is 77.5 cm³/mol. The highest BCUT2D eigenvalue weighted by Gasteiger charge is 2.05. The van der Waals surface area contributed by atoms with E-state index in [1.807, 2.05) is 32.9 Å². The summed E-state index contributed by atoms with van der Waals surface area (Å²) in [6.07, 6.45) is 1.74. The van der Waals surface area contributed by atoms with Gasteiger partial charge in [0.05, 0.1) is 0 Å². The number of hydrogen-bond donors (Lipinski definition) is 1. The van der Waals surface area contributed by atoms with Gasteiger partial charge in [-0.1, -0.05) is 12.6 Å². The molecule has 0 spiro atoms. The van der Waals surface area contributed by atoms with Crippen molar-refractivity contribution in [3.63, 3.8) is 0 Å². The van der Waals surface area contributed by atoms with Gasteiger partial charge in [-0.15, -0.1) is 0 Å². The minimum Gasteiger partial charge on any atom is -0.344 e. The normalized spacial score (nSPS) is 10.3. The van der Waals surface area contributed by atoms with Gasteiger partial charge in [0.25, 0.3) is 0 Å². The lowest BCUT2D eigenvalue weighted by molar-refractivity contribution is 0.627. The number of anilines is 1. The highest BCUT2D eigenvalue weighted by atomic mass is 19.1. The number of aryl methyl sites for hydroxylation is 2. The fourth-order valence-corrected chi connectivity index (χ4v) is 1.97. The van der Waals surface area contributed by atoms with Crippen LogP contribution in [-0.2, 0) is 0 Å². The van der Waals surface area contributed by atoms with Crippen molar-refractivity contribution in [2.45, 2.75) is 20.8 Å². The van der Waals surface area contributed by atoms with E-state index >= 15 is 0 Å². The van der Waals surface area contributed by atoms with Crippen molar-refractivity contribution in [2.24, 2.45) is 0 Å². The van der Waals surface area contributed by atoms with Crippen LogP contribution in [0.3, 0.4) is 0 Å².